The molecule has 0 radical (unpaired) electrons. The Labute approximate surface area is 77.5 Å². The topological polar surface area (TPSA) is 61.0 Å². The zero-order valence-electron chi connectivity index (χ0n) is 7.66. The number of anilines is 1. The Morgan fingerprint density at radius 3 is 3.08 bits per heavy atom. The first-order valence-electron chi connectivity index (χ1n) is 4.13. The second-order valence-corrected chi connectivity index (χ2v) is 2.47. The highest BCUT2D eigenvalue weighted by molar-refractivity contribution is 5.31. The van der Waals surface area contributed by atoms with Gasteiger partial charge in [0, 0.05) is 6.42 Å². The van der Waals surface area contributed by atoms with Crippen molar-refractivity contribution in [3.63, 3.8) is 0 Å². The van der Waals surface area contributed by atoms with Crippen molar-refractivity contribution in [1.82, 2.24) is 9.97 Å². The van der Waals surface area contributed by atoms with Crippen molar-refractivity contribution in [2.24, 2.45) is 0 Å². The summed E-state index contributed by atoms with van der Waals surface area (Å²) in [6.45, 7) is 6.09. The van der Waals surface area contributed by atoms with Gasteiger partial charge in [-0.3, -0.25) is 0 Å². The lowest BCUT2D eigenvalue weighted by Gasteiger charge is -2.06. The number of nitrogens with zero attached hydrogens (tertiary/aromatic N) is 2. The third-order valence-electron chi connectivity index (χ3n) is 1.44. The van der Waals surface area contributed by atoms with Crippen molar-refractivity contribution in [1.29, 1.82) is 0 Å². The quantitative estimate of drug-likeness (QED) is 0.705. The molecule has 70 valence electrons. The van der Waals surface area contributed by atoms with Gasteiger partial charge in [0.05, 0.1) is 12.8 Å². The number of aromatic nitrogens is 2. The van der Waals surface area contributed by atoms with Crippen LogP contribution < -0.4 is 10.5 Å². The molecule has 0 amide bonds. The Bertz CT molecular complexity index is 299. The molecule has 1 heterocycles. The van der Waals surface area contributed by atoms with Crippen molar-refractivity contribution in [2.75, 3.05) is 12.3 Å². The summed E-state index contributed by atoms with van der Waals surface area (Å²) in [5, 5.41) is 0. The first-order chi connectivity index (χ1) is 6.27. The van der Waals surface area contributed by atoms with Gasteiger partial charge in [-0.1, -0.05) is 6.08 Å². The van der Waals surface area contributed by atoms with Crippen molar-refractivity contribution >= 4 is 5.82 Å². The zero-order chi connectivity index (χ0) is 9.68. The van der Waals surface area contributed by atoms with Crippen LogP contribution in [0.25, 0.3) is 0 Å². The van der Waals surface area contributed by atoms with Gasteiger partial charge in [0.2, 0.25) is 5.88 Å². The van der Waals surface area contributed by atoms with Crippen LogP contribution in [0.1, 0.15) is 12.6 Å². The van der Waals surface area contributed by atoms with Crippen LogP contribution in [0.5, 0.6) is 5.88 Å². The minimum absolute atomic E-state index is 0.403. The maximum Gasteiger partial charge on any atom is 0.236 e. The molecule has 0 aliphatic carbocycles. The summed E-state index contributed by atoms with van der Waals surface area (Å²) < 4.78 is 5.27. The molecule has 4 heteroatoms. The van der Waals surface area contributed by atoms with Crippen LogP contribution in [0.3, 0.4) is 0 Å². The standard InChI is InChI=1S/C9H13N3O/c1-3-5-7-9(13-4-2)11-6-8(10)12-7/h3,6H,1,4-5H2,2H3,(H2,10,12). The summed E-state index contributed by atoms with van der Waals surface area (Å²) in [6, 6.07) is 0. The molecule has 1 aromatic heterocycles. The number of allylic oxidation sites excluding steroid dienone is 1. The molecule has 0 bridgehead atoms. The van der Waals surface area contributed by atoms with Gasteiger partial charge in [0.1, 0.15) is 11.5 Å². The van der Waals surface area contributed by atoms with E-state index in [1.807, 2.05) is 6.92 Å². The van der Waals surface area contributed by atoms with Crippen molar-refractivity contribution in [2.45, 2.75) is 13.3 Å². The summed E-state index contributed by atoms with van der Waals surface area (Å²) in [4.78, 5) is 8.13. The molecule has 0 aromatic carbocycles. The Hall–Kier alpha value is -1.58. The van der Waals surface area contributed by atoms with Gasteiger partial charge in [0.25, 0.3) is 0 Å². The average Bonchev–Trinajstić information content (AvgIpc) is 2.10. The Kier molecular flexibility index (Phi) is 3.25. The molecule has 1 aromatic rings. The number of hydrogen-bond donors (Lipinski definition) is 1. The smallest absolute Gasteiger partial charge is 0.236 e. The Morgan fingerprint density at radius 2 is 2.46 bits per heavy atom. The molecule has 0 unspecified atom stereocenters. The molecule has 0 aliphatic heterocycles. The molecule has 0 saturated heterocycles. The molecule has 13 heavy (non-hydrogen) atoms. The van der Waals surface area contributed by atoms with E-state index >= 15 is 0 Å². The summed E-state index contributed by atoms with van der Waals surface area (Å²) in [5.41, 5.74) is 6.22. The number of ether oxygens (including phenoxy) is 1. The van der Waals surface area contributed by atoms with E-state index in [1.54, 1.807) is 6.08 Å². The maximum atomic E-state index is 5.49. The second kappa shape index (κ2) is 4.45. The molecule has 2 N–H and O–H groups in total. The first kappa shape index (κ1) is 9.51. The second-order valence-electron chi connectivity index (χ2n) is 2.47. The fraction of sp³-hybridized carbons (Fsp3) is 0.333. The molecule has 4 nitrogen and oxygen atoms in total. The molecule has 1 rings (SSSR count). The molecule has 0 fully saturated rings. The monoisotopic (exact) mass is 179 g/mol. The molecular weight excluding hydrogens is 166 g/mol. The predicted molar refractivity (Wildman–Crippen MR) is 51.5 cm³/mol. The van der Waals surface area contributed by atoms with E-state index in [2.05, 4.69) is 16.5 Å². The Balaban J connectivity index is 2.95. The number of rotatable bonds is 4. The predicted octanol–water partition coefficient (Wildman–Crippen LogP) is 1.19. The van der Waals surface area contributed by atoms with Crippen molar-refractivity contribution in [3.8, 4) is 5.88 Å². The van der Waals surface area contributed by atoms with Crippen LogP contribution in [-0.4, -0.2) is 16.6 Å². The van der Waals surface area contributed by atoms with Gasteiger partial charge < -0.3 is 10.5 Å². The zero-order valence-corrected chi connectivity index (χ0v) is 7.66. The van der Waals surface area contributed by atoms with E-state index in [0.717, 1.165) is 5.69 Å². The van der Waals surface area contributed by atoms with Crippen LogP contribution in [-0.2, 0) is 6.42 Å². The Morgan fingerprint density at radius 1 is 1.69 bits per heavy atom. The third-order valence-corrected chi connectivity index (χ3v) is 1.44. The molecular formula is C9H13N3O. The van der Waals surface area contributed by atoms with Crippen LogP contribution in [0.4, 0.5) is 5.82 Å². The van der Waals surface area contributed by atoms with Crippen LogP contribution >= 0.6 is 0 Å². The van der Waals surface area contributed by atoms with Crippen LogP contribution in [0.2, 0.25) is 0 Å². The number of hydrogen-bond acceptors (Lipinski definition) is 4. The van der Waals surface area contributed by atoms with Crippen LogP contribution in [0.15, 0.2) is 18.9 Å². The summed E-state index contributed by atoms with van der Waals surface area (Å²) in [5.74, 6) is 0.942. The lowest BCUT2D eigenvalue weighted by Crippen LogP contribution is -2.03. The fourth-order valence-corrected chi connectivity index (χ4v) is 0.959. The minimum atomic E-state index is 0.403. The van der Waals surface area contributed by atoms with Gasteiger partial charge in [-0.05, 0) is 6.92 Å². The van der Waals surface area contributed by atoms with Gasteiger partial charge in [0.15, 0.2) is 0 Å². The van der Waals surface area contributed by atoms with Gasteiger partial charge in [-0.2, -0.15) is 0 Å². The number of nitrogen functional groups attached to an aromatic ring is 1. The third kappa shape index (κ3) is 2.43. The molecule has 0 saturated carbocycles. The fourth-order valence-electron chi connectivity index (χ4n) is 0.959. The van der Waals surface area contributed by atoms with Gasteiger partial charge in [-0.25, -0.2) is 9.97 Å². The maximum absolute atomic E-state index is 5.49. The summed E-state index contributed by atoms with van der Waals surface area (Å²) in [7, 11) is 0. The normalized spacial score (nSPS) is 9.62. The highest BCUT2D eigenvalue weighted by atomic mass is 16.5. The van der Waals surface area contributed by atoms with E-state index in [-0.39, 0.29) is 0 Å². The SMILES string of the molecule is C=CCc1nc(N)cnc1OCC. The first-order valence-corrected chi connectivity index (χ1v) is 4.13. The van der Waals surface area contributed by atoms with E-state index in [1.165, 1.54) is 6.20 Å². The highest BCUT2D eigenvalue weighted by Gasteiger charge is 2.05. The molecule has 0 atom stereocenters. The van der Waals surface area contributed by atoms with Crippen molar-refractivity contribution in [3.05, 3.63) is 24.5 Å². The highest BCUT2D eigenvalue weighted by Crippen LogP contribution is 2.14. The average molecular weight is 179 g/mol. The largest absolute Gasteiger partial charge is 0.477 e. The summed E-state index contributed by atoms with van der Waals surface area (Å²) in [6.07, 6.45) is 3.84. The van der Waals surface area contributed by atoms with E-state index in [0.29, 0.717) is 24.7 Å². The lowest BCUT2D eigenvalue weighted by molar-refractivity contribution is 0.321. The number of nitrogens with two attached hydrogens (primary N) is 1. The van der Waals surface area contributed by atoms with Crippen molar-refractivity contribution < 1.29 is 4.74 Å². The van der Waals surface area contributed by atoms with E-state index < -0.39 is 0 Å². The molecule has 0 spiro atoms. The van der Waals surface area contributed by atoms with E-state index in [4.69, 9.17) is 10.5 Å². The lowest BCUT2D eigenvalue weighted by atomic mass is 10.3. The van der Waals surface area contributed by atoms with E-state index in [9.17, 15) is 0 Å². The van der Waals surface area contributed by atoms with Crippen LogP contribution in [0, 0.1) is 0 Å². The van der Waals surface area contributed by atoms with Gasteiger partial charge >= 0.3 is 0 Å². The molecule has 0 aliphatic rings. The summed E-state index contributed by atoms with van der Waals surface area (Å²) >= 11 is 0. The van der Waals surface area contributed by atoms with Gasteiger partial charge in [-0.15, -0.1) is 6.58 Å². The minimum Gasteiger partial charge on any atom is -0.477 e.